The molecule has 0 aromatic heterocycles. The van der Waals surface area contributed by atoms with Crippen LogP contribution in [-0.4, -0.2) is 23.8 Å². The maximum atomic E-state index is 7.64. The van der Waals surface area contributed by atoms with Crippen molar-refractivity contribution in [1.82, 2.24) is 4.90 Å². The summed E-state index contributed by atoms with van der Waals surface area (Å²) in [4.78, 5) is 2.50. The molecule has 3 nitrogen and oxygen atoms in total. The van der Waals surface area contributed by atoms with Crippen LogP contribution in [0.3, 0.4) is 0 Å². The summed E-state index contributed by atoms with van der Waals surface area (Å²) in [7, 11) is 0. The monoisotopic (exact) mass is 259 g/mol. The molecule has 3 N–H and O–H groups in total. The van der Waals surface area contributed by atoms with Crippen LogP contribution in [0.5, 0.6) is 0 Å². The Morgan fingerprint density at radius 1 is 1.37 bits per heavy atom. The first-order valence-electron chi connectivity index (χ1n) is 7.10. The fraction of sp³-hybridized carbons (Fsp3) is 0.562. The van der Waals surface area contributed by atoms with Crippen molar-refractivity contribution in [2.24, 2.45) is 11.1 Å². The lowest BCUT2D eigenvalue weighted by Gasteiger charge is -2.42. The van der Waals surface area contributed by atoms with Crippen molar-refractivity contribution in [1.29, 1.82) is 5.41 Å². The molecule has 0 radical (unpaired) electrons. The average molecular weight is 259 g/mol. The van der Waals surface area contributed by atoms with Crippen molar-refractivity contribution in [2.75, 3.05) is 13.1 Å². The molecule has 1 saturated heterocycles. The highest BCUT2D eigenvalue weighted by Gasteiger charge is 2.31. The van der Waals surface area contributed by atoms with E-state index in [9.17, 15) is 0 Å². The van der Waals surface area contributed by atoms with Crippen LogP contribution in [0, 0.1) is 10.8 Å². The lowest BCUT2D eigenvalue weighted by Crippen LogP contribution is -2.43. The van der Waals surface area contributed by atoms with Crippen molar-refractivity contribution in [3.63, 3.8) is 0 Å². The molecule has 1 aromatic rings. The maximum absolute atomic E-state index is 7.64. The van der Waals surface area contributed by atoms with Gasteiger partial charge in [-0.3, -0.25) is 10.3 Å². The predicted molar refractivity (Wildman–Crippen MR) is 80.3 cm³/mol. The number of nitrogens with zero attached hydrogens (tertiary/aromatic N) is 1. The molecule has 0 spiro atoms. The van der Waals surface area contributed by atoms with Gasteiger partial charge in [-0.25, -0.2) is 0 Å². The van der Waals surface area contributed by atoms with E-state index in [0.29, 0.717) is 11.8 Å². The first kappa shape index (κ1) is 14.1. The molecular weight excluding hydrogens is 234 g/mol. The van der Waals surface area contributed by atoms with E-state index < -0.39 is 0 Å². The molecular formula is C16H25N3. The van der Waals surface area contributed by atoms with Crippen LogP contribution in [-0.2, 0) is 0 Å². The zero-order valence-electron chi connectivity index (χ0n) is 12.0. The van der Waals surface area contributed by atoms with Gasteiger partial charge in [0.15, 0.2) is 0 Å². The predicted octanol–water partition coefficient (Wildman–Crippen LogP) is 3.18. The van der Waals surface area contributed by atoms with Gasteiger partial charge >= 0.3 is 0 Å². The second kappa shape index (κ2) is 5.74. The molecule has 1 atom stereocenters. The number of rotatable bonds is 4. The largest absolute Gasteiger partial charge is 0.388 e. The number of benzene rings is 1. The Morgan fingerprint density at radius 3 is 2.63 bits per heavy atom. The molecule has 1 aliphatic heterocycles. The number of nitrogens with two attached hydrogens (primary N) is 1. The van der Waals surface area contributed by atoms with Gasteiger partial charge in [0, 0.05) is 19.0 Å². The van der Waals surface area contributed by atoms with Crippen LogP contribution < -0.4 is 5.73 Å². The molecule has 3 heteroatoms. The van der Waals surface area contributed by atoms with E-state index in [0.717, 1.165) is 13.1 Å². The minimum absolute atomic E-state index is 0.248. The van der Waals surface area contributed by atoms with E-state index in [-0.39, 0.29) is 11.9 Å². The zero-order valence-corrected chi connectivity index (χ0v) is 12.0. The van der Waals surface area contributed by atoms with Gasteiger partial charge in [0.1, 0.15) is 0 Å². The summed E-state index contributed by atoms with van der Waals surface area (Å²) >= 11 is 0. The number of likely N-dealkylation sites (tertiary alicyclic amines) is 1. The van der Waals surface area contributed by atoms with Crippen LogP contribution in [0.2, 0.25) is 0 Å². The smallest absolute Gasteiger partial charge is 0.0924 e. The Balaban J connectivity index is 2.20. The molecule has 0 amide bonds. The highest BCUT2D eigenvalue weighted by atomic mass is 15.2. The molecule has 1 unspecified atom stereocenters. The van der Waals surface area contributed by atoms with E-state index in [1.54, 1.807) is 0 Å². The second-order valence-corrected chi connectivity index (χ2v) is 6.39. The standard InChI is InChI=1S/C16H25N3/c1-16(2)9-6-10-19(12-16)14(11-15(17)18)13-7-4-3-5-8-13/h3-5,7-8,14H,6,9-12H2,1-2H3,(H3,17,18). The third kappa shape index (κ3) is 3.80. The number of hydrogen-bond acceptors (Lipinski definition) is 2. The third-order valence-electron chi connectivity index (χ3n) is 3.97. The molecule has 19 heavy (non-hydrogen) atoms. The van der Waals surface area contributed by atoms with Crippen molar-refractivity contribution < 1.29 is 0 Å². The minimum Gasteiger partial charge on any atom is -0.388 e. The Hall–Kier alpha value is -1.35. The highest BCUT2D eigenvalue weighted by Crippen LogP contribution is 2.34. The molecule has 1 fully saturated rings. The van der Waals surface area contributed by atoms with Crippen LogP contribution in [0.4, 0.5) is 0 Å². The fourth-order valence-corrected chi connectivity index (χ4v) is 3.08. The number of nitrogens with one attached hydrogen (secondary N) is 1. The SMILES string of the molecule is CC1(C)CCCN(C(CC(=N)N)c2ccccc2)C1. The quantitative estimate of drug-likeness (QED) is 0.644. The second-order valence-electron chi connectivity index (χ2n) is 6.39. The summed E-state index contributed by atoms with van der Waals surface area (Å²) in [6.07, 6.45) is 3.14. The summed E-state index contributed by atoms with van der Waals surface area (Å²) in [5.74, 6) is 0.275. The van der Waals surface area contributed by atoms with Gasteiger partial charge in [0.05, 0.1) is 5.84 Å². The van der Waals surface area contributed by atoms with E-state index in [2.05, 4.69) is 43.0 Å². The zero-order chi connectivity index (χ0) is 13.9. The van der Waals surface area contributed by atoms with Crippen LogP contribution in [0.1, 0.15) is 44.7 Å². The Labute approximate surface area is 116 Å². The van der Waals surface area contributed by atoms with Crippen molar-refractivity contribution in [3.8, 4) is 0 Å². The lowest BCUT2D eigenvalue weighted by atomic mass is 9.82. The molecule has 0 saturated carbocycles. The lowest BCUT2D eigenvalue weighted by molar-refractivity contribution is 0.0800. The molecule has 0 aliphatic carbocycles. The van der Waals surface area contributed by atoms with Gasteiger partial charge in [-0.1, -0.05) is 44.2 Å². The number of hydrogen-bond donors (Lipinski definition) is 2. The molecule has 1 aliphatic rings. The Morgan fingerprint density at radius 2 is 2.05 bits per heavy atom. The summed E-state index contributed by atoms with van der Waals surface area (Å²) in [6.45, 7) is 6.85. The third-order valence-corrected chi connectivity index (χ3v) is 3.97. The topological polar surface area (TPSA) is 53.1 Å². The summed E-state index contributed by atoms with van der Waals surface area (Å²) < 4.78 is 0. The van der Waals surface area contributed by atoms with Crippen LogP contribution >= 0.6 is 0 Å². The number of amidine groups is 1. The molecule has 0 bridgehead atoms. The average Bonchev–Trinajstić information content (AvgIpc) is 2.35. The van der Waals surface area contributed by atoms with Gasteiger partial charge in [-0.15, -0.1) is 0 Å². The van der Waals surface area contributed by atoms with Gasteiger partial charge < -0.3 is 5.73 Å². The van der Waals surface area contributed by atoms with Gasteiger partial charge in [0.25, 0.3) is 0 Å². The molecule has 1 heterocycles. The van der Waals surface area contributed by atoms with E-state index in [4.69, 9.17) is 11.1 Å². The van der Waals surface area contributed by atoms with E-state index in [1.165, 1.54) is 18.4 Å². The minimum atomic E-state index is 0.248. The first-order chi connectivity index (χ1) is 8.98. The molecule has 1 aromatic carbocycles. The van der Waals surface area contributed by atoms with Gasteiger partial charge in [-0.05, 0) is 30.4 Å². The normalized spacial score (nSPS) is 20.9. The molecule has 2 rings (SSSR count). The van der Waals surface area contributed by atoms with Gasteiger partial charge in [0.2, 0.25) is 0 Å². The van der Waals surface area contributed by atoms with Crippen molar-refractivity contribution in [3.05, 3.63) is 35.9 Å². The Kier molecular flexibility index (Phi) is 4.25. The fourth-order valence-electron chi connectivity index (χ4n) is 3.08. The van der Waals surface area contributed by atoms with Crippen molar-refractivity contribution >= 4 is 5.84 Å². The maximum Gasteiger partial charge on any atom is 0.0924 e. The summed E-state index contributed by atoms with van der Waals surface area (Å²) in [6, 6.07) is 10.7. The van der Waals surface area contributed by atoms with Crippen molar-refractivity contribution in [2.45, 2.75) is 39.2 Å². The van der Waals surface area contributed by atoms with Crippen LogP contribution in [0.25, 0.3) is 0 Å². The van der Waals surface area contributed by atoms with E-state index in [1.807, 2.05) is 6.07 Å². The highest BCUT2D eigenvalue weighted by molar-refractivity contribution is 5.77. The van der Waals surface area contributed by atoms with Gasteiger partial charge in [-0.2, -0.15) is 0 Å². The summed E-state index contributed by atoms with van der Waals surface area (Å²) in [5, 5.41) is 7.64. The number of piperidine rings is 1. The summed E-state index contributed by atoms with van der Waals surface area (Å²) in [5.41, 5.74) is 7.30. The Bertz CT molecular complexity index is 425. The van der Waals surface area contributed by atoms with E-state index >= 15 is 0 Å². The van der Waals surface area contributed by atoms with Crippen LogP contribution in [0.15, 0.2) is 30.3 Å². The molecule has 104 valence electrons. The first-order valence-corrected chi connectivity index (χ1v) is 7.10.